The number of nitrogens with zero attached hydrogens (tertiary/aromatic N) is 1. The molecule has 0 saturated carbocycles. The molecule has 0 aliphatic carbocycles. The SMILES string of the molecule is CCCCCCCCCCCCCCCC(=O)NCN(C)CC. The summed E-state index contributed by atoms with van der Waals surface area (Å²) in [7, 11) is 2.02. The molecule has 0 aromatic heterocycles. The molecule has 0 spiro atoms. The van der Waals surface area contributed by atoms with Crippen LogP contribution in [0.25, 0.3) is 0 Å². The van der Waals surface area contributed by atoms with Crippen molar-refractivity contribution >= 4 is 5.91 Å². The minimum absolute atomic E-state index is 0.202. The number of amides is 1. The molecule has 1 N–H and O–H groups in total. The van der Waals surface area contributed by atoms with Gasteiger partial charge in [-0.2, -0.15) is 0 Å². The van der Waals surface area contributed by atoms with Crippen molar-refractivity contribution in [2.45, 2.75) is 104 Å². The molecule has 1 amide bonds. The molecule has 0 atom stereocenters. The Morgan fingerprint density at radius 1 is 0.739 bits per heavy atom. The van der Waals surface area contributed by atoms with E-state index in [-0.39, 0.29) is 5.91 Å². The zero-order chi connectivity index (χ0) is 17.2. The Morgan fingerprint density at radius 2 is 1.17 bits per heavy atom. The first-order valence-electron chi connectivity index (χ1n) is 10.2. The maximum Gasteiger partial charge on any atom is 0.220 e. The second-order valence-electron chi connectivity index (χ2n) is 6.92. The first kappa shape index (κ1) is 22.4. The summed E-state index contributed by atoms with van der Waals surface area (Å²) >= 11 is 0. The Bertz CT molecular complexity index is 256. The summed E-state index contributed by atoms with van der Waals surface area (Å²) < 4.78 is 0. The van der Waals surface area contributed by atoms with Gasteiger partial charge in [0.05, 0.1) is 6.67 Å². The van der Waals surface area contributed by atoms with Crippen molar-refractivity contribution < 1.29 is 4.79 Å². The van der Waals surface area contributed by atoms with Gasteiger partial charge in [0.25, 0.3) is 0 Å². The van der Waals surface area contributed by atoms with Gasteiger partial charge < -0.3 is 5.32 Å². The number of carbonyl (C=O) groups excluding carboxylic acids is 1. The lowest BCUT2D eigenvalue weighted by Gasteiger charge is -2.14. The molecule has 3 heteroatoms. The quantitative estimate of drug-likeness (QED) is 0.283. The summed E-state index contributed by atoms with van der Waals surface area (Å²) in [6.45, 7) is 6.02. The fourth-order valence-corrected chi connectivity index (χ4v) is 2.73. The van der Waals surface area contributed by atoms with Gasteiger partial charge in [0.2, 0.25) is 5.91 Å². The topological polar surface area (TPSA) is 32.3 Å². The van der Waals surface area contributed by atoms with Gasteiger partial charge in [-0.3, -0.25) is 9.69 Å². The molecule has 138 valence electrons. The van der Waals surface area contributed by atoms with E-state index in [1.54, 1.807) is 0 Å². The number of carbonyl (C=O) groups is 1. The third-order valence-corrected chi connectivity index (χ3v) is 4.59. The van der Waals surface area contributed by atoms with Gasteiger partial charge in [-0.1, -0.05) is 90.9 Å². The van der Waals surface area contributed by atoms with E-state index in [9.17, 15) is 4.79 Å². The summed E-state index contributed by atoms with van der Waals surface area (Å²) in [5.74, 6) is 0.202. The fraction of sp³-hybridized carbons (Fsp3) is 0.950. The minimum atomic E-state index is 0.202. The van der Waals surface area contributed by atoms with Crippen molar-refractivity contribution in [1.82, 2.24) is 10.2 Å². The van der Waals surface area contributed by atoms with Crippen LogP contribution in [0.4, 0.5) is 0 Å². The zero-order valence-electron chi connectivity index (χ0n) is 16.2. The lowest BCUT2D eigenvalue weighted by atomic mass is 10.0. The largest absolute Gasteiger partial charge is 0.343 e. The number of rotatable bonds is 17. The van der Waals surface area contributed by atoms with Crippen LogP contribution in [0.1, 0.15) is 104 Å². The molecule has 0 fully saturated rings. The van der Waals surface area contributed by atoms with Gasteiger partial charge in [0, 0.05) is 6.42 Å². The highest BCUT2D eigenvalue weighted by Gasteiger charge is 2.01. The van der Waals surface area contributed by atoms with Crippen LogP contribution in [0.5, 0.6) is 0 Å². The van der Waals surface area contributed by atoms with Crippen molar-refractivity contribution in [2.24, 2.45) is 0 Å². The molecule has 0 aliphatic heterocycles. The number of nitrogens with one attached hydrogen (secondary N) is 1. The van der Waals surface area contributed by atoms with Crippen molar-refractivity contribution in [3.05, 3.63) is 0 Å². The standard InChI is InChI=1S/C20H42N2O/c1-4-6-7-8-9-10-11-12-13-14-15-16-17-18-20(23)21-19-22(3)5-2/h4-19H2,1-3H3,(H,21,23). The monoisotopic (exact) mass is 326 g/mol. The Labute approximate surface area is 145 Å². The Hall–Kier alpha value is -0.570. The predicted octanol–water partition coefficient (Wildman–Crippen LogP) is 5.49. The van der Waals surface area contributed by atoms with Crippen molar-refractivity contribution in [1.29, 1.82) is 0 Å². The van der Waals surface area contributed by atoms with Crippen LogP contribution in [0.3, 0.4) is 0 Å². The molecule has 23 heavy (non-hydrogen) atoms. The van der Waals surface area contributed by atoms with Crippen LogP contribution < -0.4 is 5.32 Å². The molecule has 0 aliphatic rings. The van der Waals surface area contributed by atoms with Gasteiger partial charge in [0.1, 0.15) is 0 Å². The first-order valence-corrected chi connectivity index (χ1v) is 10.2. The molecular weight excluding hydrogens is 284 g/mol. The highest BCUT2D eigenvalue weighted by Crippen LogP contribution is 2.12. The average molecular weight is 327 g/mol. The summed E-state index contributed by atoms with van der Waals surface area (Å²) in [5, 5.41) is 2.96. The summed E-state index contributed by atoms with van der Waals surface area (Å²) in [6.07, 6.45) is 18.2. The summed E-state index contributed by atoms with van der Waals surface area (Å²) in [6, 6.07) is 0. The van der Waals surface area contributed by atoms with Crippen LogP contribution in [0, 0.1) is 0 Å². The highest BCUT2D eigenvalue weighted by molar-refractivity contribution is 5.75. The second kappa shape index (κ2) is 17.8. The van der Waals surface area contributed by atoms with Crippen LogP contribution in [-0.4, -0.2) is 31.1 Å². The van der Waals surface area contributed by atoms with Crippen LogP contribution in [-0.2, 0) is 4.79 Å². The summed E-state index contributed by atoms with van der Waals surface area (Å²) in [4.78, 5) is 13.7. The smallest absolute Gasteiger partial charge is 0.220 e. The first-order chi connectivity index (χ1) is 11.2. The minimum Gasteiger partial charge on any atom is -0.343 e. The molecule has 0 aromatic rings. The van der Waals surface area contributed by atoms with Gasteiger partial charge in [-0.15, -0.1) is 0 Å². The molecule has 3 nitrogen and oxygen atoms in total. The van der Waals surface area contributed by atoms with E-state index in [1.807, 2.05) is 7.05 Å². The van der Waals surface area contributed by atoms with E-state index in [1.165, 1.54) is 77.0 Å². The van der Waals surface area contributed by atoms with Gasteiger partial charge in [-0.25, -0.2) is 0 Å². The lowest BCUT2D eigenvalue weighted by Crippen LogP contribution is -2.34. The maximum atomic E-state index is 11.6. The van der Waals surface area contributed by atoms with E-state index >= 15 is 0 Å². The van der Waals surface area contributed by atoms with E-state index in [4.69, 9.17) is 0 Å². The molecular formula is C20H42N2O. The van der Waals surface area contributed by atoms with Crippen LogP contribution in [0.15, 0.2) is 0 Å². The summed E-state index contributed by atoms with van der Waals surface area (Å²) in [5.41, 5.74) is 0. The maximum absolute atomic E-state index is 11.6. The molecule has 0 bridgehead atoms. The van der Waals surface area contributed by atoms with Crippen LogP contribution >= 0.6 is 0 Å². The zero-order valence-corrected chi connectivity index (χ0v) is 16.2. The molecule has 0 saturated heterocycles. The van der Waals surface area contributed by atoms with Crippen molar-refractivity contribution in [2.75, 3.05) is 20.3 Å². The average Bonchev–Trinajstić information content (AvgIpc) is 2.56. The van der Waals surface area contributed by atoms with E-state index in [0.29, 0.717) is 13.1 Å². The normalized spacial score (nSPS) is 11.1. The fourth-order valence-electron chi connectivity index (χ4n) is 2.73. The Balaban J connectivity index is 3.14. The number of hydrogen-bond donors (Lipinski definition) is 1. The van der Waals surface area contributed by atoms with Crippen LogP contribution in [0.2, 0.25) is 0 Å². The third-order valence-electron chi connectivity index (χ3n) is 4.59. The molecule has 0 aromatic carbocycles. The Morgan fingerprint density at radius 3 is 1.61 bits per heavy atom. The lowest BCUT2D eigenvalue weighted by molar-refractivity contribution is -0.121. The third kappa shape index (κ3) is 17.6. The van der Waals surface area contributed by atoms with Gasteiger partial charge >= 0.3 is 0 Å². The molecule has 0 unspecified atom stereocenters. The highest BCUT2D eigenvalue weighted by atomic mass is 16.1. The van der Waals surface area contributed by atoms with Crippen molar-refractivity contribution in [3.63, 3.8) is 0 Å². The molecule has 0 rings (SSSR count). The number of hydrogen-bond acceptors (Lipinski definition) is 2. The Kier molecular flexibility index (Phi) is 17.3. The molecule has 0 heterocycles. The second-order valence-corrected chi connectivity index (χ2v) is 6.92. The van der Waals surface area contributed by atoms with Gasteiger partial charge in [0.15, 0.2) is 0 Å². The molecule has 0 radical (unpaired) electrons. The predicted molar refractivity (Wildman–Crippen MR) is 102 cm³/mol. The van der Waals surface area contributed by atoms with E-state index < -0.39 is 0 Å². The van der Waals surface area contributed by atoms with E-state index in [2.05, 4.69) is 24.1 Å². The van der Waals surface area contributed by atoms with Gasteiger partial charge in [-0.05, 0) is 20.0 Å². The number of unbranched alkanes of at least 4 members (excludes halogenated alkanes) is 12. The van der Waals surface area contributed by atoms with Crippen molar-refractivity contribution in [3.8, 4) is 0 Å². The van der Waals surface area contributed by atoms with E-state index in [0.717, 1.165) is 13.0 Å².